The van der Waals surface area contributed by atoms with E-state index in [1.165, 1.54) is 6.07 Å². The first-order valence-electron chi connectivity index (χ1n) is 8.55. The van der Waals surface area contributed by atoms with Crippen molar-refractivity contribution in [1.82, 2.24) is 4.40 Å². The summed E-state index contributed by atoms with van der Waals surface area (Å²) in [6, 6.07) is 0.713. The minimum absolute atomic E-state index is 0. The Kier molecular flexibility index (Phi) is 4.90. The average molecular weight is 400 g/mol. The summed E-state index contributed by atoms with van der Waals surface area (Å²) in [5.41, 5.74) is 6.54. The molecule has 3 N–H and O–H groups in total. The lowest BCUT2D eigenvalue weighted by Crippen LogP contribution is -2.31. The third kappa shape index (κ3) is 3.06. The Balaban J connectivity index is 0.00000210. The number of aryl methyl sites for hydroxylation is 1. The smallest absolute Gasteiger partial charge is 0.341 e. The van der Waals surface area contributed by atoms with Crippen molar-refractivity contribution >= 4 is 29.6 Å². The van der Waals surface area contributed by atoms with E-state index in [0.29, 0.717) is 11.1 Å². The zero-order valence-electron chi connectivity index (χ0n) is 14.6. The van der Waals surface area contributed by atoms with Crippen LogP contribution in [-0.4, -0.2) is 40.8 Å². The second-order valence-corrected chi connectivity index (χ2v) is 7.15. The van der Waals surface area contributed by atoms with Crippen molar-refractivity contribution in [2.24, 2.45) is 5.73 Å². The molecule has 2 fully saturated rings. The number of fused-ring (bicyclic) bond motifs is 1. The summed E-state index contributed by atoms with van der Waals surface area (Å²) in [7, 11) is 0. The summed E-state index contributed by atoms with van der Waals surface area (Å²) in [6.07, 6.45) is 1.54. The highest BCUT2D eigenvalue weighted by atomic mass is 35.5. The molecular weight excluding hydrogens is 380 g/mol. The number of nitrogens with two attached hydrogens (primary N) is 1. The zero-order chi connectivity index (χ0) is 18.7. The fourth-order valence-electron chi connectivity index (χ4n) is 3.86. The molecule has 0 radical (unpaired) electrons. The van der Waals surface area contributed by atoms with Crippen LogP contribution in [0.25, 0.3) is 5.52 Å². The second-order valence-electron chi connectivity index (χ2n) is 7.15. The summed E-state index contributed by atoms with van der Waals surface area (Å²) in [4.78, 5) is 25.5. The molecule has 1 saturated heterocycles. The van der Waals surface area contributed by atoms with Crippen LogP contribution < -0.4 is 16.2 Å². The van der Waals surface area contributed by atoms with Gasteiger partial charge in [-0.25, -0.2) is 13.6 Å². The number of nitrogens with zero attached hydrogens (tertiary/aromatic N) is 2. The lowest BCUT2D eigenvalue weighted by Gasteiger charge is -2.23. The molecule has 0 bridgehead atoms. The van der Waals surface area contributed by atoms with E-state index in [1.807, 2.05) is 0 Å². The molecule has 0 amide bonds. The lowest BCUT2D eigenvalue weighted by atomic mass is 10.0. The molecule has 3 heterocycles. The molecule has 2 aliphatic rings. The van der Waals surface area contributed by atoms with Crippen LogP contribution in [0.3, 0.4) is 0 Å². The largest absolute Gasteiger partial charge is 0.477 e. The number of anilines is 1. The van der Waals surface area contributed by atoms with Crippen LogP contribution in [0.2, 0.25) is 0 Å². The van der Waals surface area contributed by atoms with Gasteiger partial charge in [-0.05, 0) is 42.9 Å². The van der Waals surface area contributed by atoms with Gasteiger partial charge in [0.25, 0.3) is 5.56 Å². The van der Waals surface area contributed by atoms with Crippen molar-refractivity contribution in [1.29, 1.82) is 0 Å². The standard InChI is InChI=1S/C18H19F2N3O3.ClH/c1-8-15-10(9-2-3-9)4-11(18(25)26)17(24)23(15)6-13(20)16(8)22-5-12(19)14(21)7-22;/h4,6,9,12,14H,2-3,5,7,21H2,1H3,(H,25,26);1H. The first-order valence-corrected chi connectivity index (χ1v) is 8.55. The van der Waals surface area contributed by atoms with Crippen molar-refractivity contribution in [2.75, 3.05) is 18.0 Å². The van der Waals surface area contributed by atoms with Gasteiger partial charge in [0.2, 0.25) is 0 Å². The van der Waals surface area contributed by atoms with Crippen LogP contribution in [0.15, 0.2) is 17.1 Å². The van der Waals surface area contributed by atoms with Crippen molar-refractivity contribution in [3.05, 3.63) is 45.1 Å². The molecule has 0 spiro atoms. The maximum absolute atomic E-state index is 14.8. The third-order valence-corrected chi connectivity index (χ3v) is 5.30. The highest BCUT2D eigenvalue weighted by Gasteiger charge is 2.34. The molecule has 0 aromatic carbocycles. The van der Waals surface area contributed by atoms with E-state index in [1.54, 1.807) is 11.8 Å². The fraction of sp³-hybridized carbons (Fsp3) is 0.444. The molecule has 2 aromatic heterocycles. The first kappa shape index (κ1) is 19.6. The van der Waals surface area contributed by atoms with Crippen LogP contribution in [0.5, 0.6) is 0 Å². The Morgan fingerprint density at radius 1 is 1.33 bits per heavy atom. The molecule has 1 aliphatic carbocycles. The van der Waals surface area contributed by atoms with Gasteiger partial charge in [-0.1, -0.05) is 0 Å². The molecule has 9 heteroatoms. The van der Waals surface area contributed by atoms with Crippen molar-refractivity contribution in [2.45, 2.75) is 37.9 Å². The molecule has 4 rings (SSSR count). The van der Waals surface area contributed by atoms with Gasteiger partial charge in [-0.2, -0.15) is 0 Å². The Morgan fingerprint density at radius 2 is 2.00 bits per heavy atom. The number of pyridine rings is 2. The highest BCUT2D eigenvalue weighted by molar-refractivity contribution is 5.89. The fourth-order valence-corrected chi connectivity index (χ4v) is 3.86. The molecule has 2 atom stereocenters. The Hall–Kier alpha value is -2.19. The monoisotopic (exact) mass is 399 g/mol. The van der Waals surface area contributed by atoms with Gasteiger partial charge in [0, 0.05) is 6.54 Å². The van der Waals surface area contributed by atoms with E-state index >= 15 is 0 Å². The zero-order valence-corrected chi connectivity index (χ0v) is 15.4. The highest BCUT2D eigenvalue weighted by Crippen LogP contribution is 2.44. The molecular formula is C18H20ClF2N3O3. The number of hydrogen-bond acceptors (Lipinski definition) is 4. The van der Waals surface area contributed by atoms with E-state index in [2.05, 4.69) is 0 Å². The van der Waals surface area contributed by atoms with Crippen LogP contribution in [0.4, 0.5) is 14.5 Å². The van der Waals surface area contributed by atoms with Gasteiger partial charge in [0.15, 0.2) is 5.82 Å². The summed E-state index contributed by atoms with van der Waals surface area (Å²) in [6.45, 7) is 1.85. The van der Waals surface area contributed by atoms with Gasteiger partial charge in [-0.15, -0.1) is 12.4 Å². The predicted molar refractivity (Wildman–Crippen MR) is 99.6 cm³/mol. The van der Waals surface area contributed by atoms with Crippen LogP contribution >= 0.6 is 12.4 Å². The topological polar surface area (TPSA) is 88.0 Å². The first-order chi connectivity index (χ1) is 12.3. The van der Waals surface area contributed by atoms with Crippen molar-refractivity contribution in [3.8, 4) is 0 Å². The number of carboxylic acid groups (broad SMARTS) is 1. The van der Waals surface area contributed by atoms with Crippen molar-refractivity contribution < 1.29 is 18.7 Å². The van der Waals surface area contributed by atoms with Crippen LogP contribution in [0, 0.1) is 12.7 Å². The second kappa shape index (κ2) is 6.76. The molecule has 146 valence electrons. The number of halogens is 3. The summed E-state index contributed by atoms with van der Waals surface area (Å²) in [5.74, 6) is -1.88. The van der Waals surface area contributed by atoms with E-state index in [4.69, 9.17) is 5.73 Å². The molecule has 27 heavy (non-hydrogen) atoms. The maximum atomic E-state index is 14.8. The molecule has 2 unspecified atom stereocenters. The minimum atomic E-state index is -1.33. The van der Waals surface area contributed by atoms with Gasteiger partial charge in [0.1, 0.15) is 11.7 Å². The lowest BCUT2D eigenvalue weighted by molar-refractivity contribution is 0.0694. The maximum Gasteiger partial charge on any atom is 0.341 e. The summed E-state index contributed by atoms with van der Waals surface area (Å²) < 4.78 is 29.8. The van der Waals surface area contributed by atoms with E-state index in [-0.39, 0.29) is 42.7 Å². The minimum Gasteiger partial charge on any atom is -0.477 e. The normalized spacial score (nSPS) is 22.1. The van der Waals surface area contributed by atoms with Crippen LogP contribution in [0.1, 0.15) is 40.2 Å². The predicted octanol–water partition coefficient (Wildman–Crippen LogP) is 2.23. The Morgan fingerprint density at radius 3 is 2.52 bits per heavy atom. The summed E-state index contributed by atoms with van der Waals surface area (Å²) >= 11 is 0. The SMILES string of the molecule is Cc1c(N2CC(N)C(F)C2)c(F)cn2c(=O)c(C(=O)O)cc(C3CC3)c12.Cl. The number of carboxylic acids is 1. The molecule has 6 nitrogen and oxygen atoms in total. The molecule has 2 aromatic rings. The van der Waals surface area contributed by atoms with E-state index in [0.717, 1.165) is 29.0 Å². The quantitative estimate of drug-likeness (QED) is 0.826. The average Bonchev–Trinajstić information content (AvgIpc) is 3.35. The number of rotatable bonds is 3. The van der Waals surface area contributed by atoms with Crippen LogP contribution in [-0.2, 0) is 0 Å². The van der Waals surface area contributed by atoms with Gasteiger partial charge in [0.05, 0.1) is 30.0 Å². The van der Waals surface area contributed by atoms with E-state index in [9.17, 15) is 23.5 Å². The summed E-state index contributed by atoms with van der Waals surface area (Å²) in [5, 5.41) is 9.31. The number of hydrogen-bond donors (Lipinski definition) is 2. The number of carbonyl (C=O) groups is 1. The van der Waals surface area contributed by atoms with Crippen molar-refractivity contribution in [3.63, 3.8) is 0 Å². The number of alkyl halides is 1. The Labute approximate surface area is 160 Å². The number of aromatic nitrogens is 1. The van der Waals surface area contributed by atoms with E-state index < -0.39 is 29.6 Å². The molecule has 1 saturated carbocycles. The Bertz CT molecular complexity index is 980. The van der Waals surface area contributed by atoms with Gasteiger partial charge >= 0.3 is 5.97 Å². The third-order valence-electron chi connectivity index (χ3n) is 5.30. The van der Waals surface area contributed by atoms with Gasteiger partial charge in [-0.3, -0.25) is 9.20 Å². The number of aromatic carboxylic acids is 1. The van der Waals surface area contributed by atoms with Gasteiger partial charge < -0.3 is 15.7 Å². The molecule has 1 aliphatic heterocycles.